The molecular weight excluding hydrogens is 499 g/mol. The first kappa shape index (κ1) is 24.2. The van der Waals surface area contributed by atoms with Crippen molar-refractivity contribution in [3.05, 3.63) is 48.5 Å². The van der Waals surface area contributed by atoms with E-state index in [4.69, 9.17) is 32.7 Å². The standard InChI is InChI=1S/C27H32Cl2N4O3/c28-24-19(26(34)30-17-13-15-35-16-17)12-14-32(25(24)29)27-31-20-8-1-2-9-21(20)33(27)22-10-3-4-11-23(22)36-18-6-5-7-18/h1-4,8-11,17-19,24-25,27,31H,5-7,12-16H2,(H,30,34). The highest BCUT2D eigenvalue weighted by molar-refractivity contribution is 6.31. The highest BCUT2D eigenvalue weighted by atomic mass is 35.5. The fourth-order valence-electron chi connectivity index (χ4n) is 5.49. The lowest BCUT2D eigenvalue weighted by Gasteiger charge is -2.45. The van der Waals surface area contributed by atoms with Crippen LogP contribution in [0.2, 0.25) is 0 Å². The SMILES string of the molecule is O=C(NC1CCOC1)C1CCN(C2Nc3ccccc3N2c2ccccc2OC2CCC2)C(Cl)C1Cl. The predicted octanol–water partition coefficient (Wildman–Crippen LogP) is 4.86. The lowest BCUT2D eigenvalue weighted by atomic mass is 9.94. The number of nitrogens with one attached hydrogen (secondary N) is 2. The quantitative estimate of drug-likeness (QED) is 0.410. The Balaban J connectivity index is 1.25. The van der Waals surface area contributed by atoms with Gasteiger partial charge in [0.2, 0.25) is 5.91 Å². The lowest BCUT2D eigenvalue weighted by molar-refractivity contribution is -0.127. The number of fused-ring (bicyclic) bond motifs is 1. The van der Waals surface area contributed by atoms with Gasteiger partial charge in [-0.25, -0.2) is 4.90 Å². The second kappa shape index (κ2) is 10.3. The molecule has 1 saturated carbocycles. The molecule has 9 heteroatoms. The van der Waals surface area contributed by atoms with Crippen molar-refractivity contribution < 1.29 is 14.3 Å². The number of carbonyl (C=O) groups is 1. The maximum absolute atomic E-state index is 13.0. The Morgan fingerprint density at radius 1 is 1.03 bits per heavy atom. The number of anilines is 3. The first-order valence-corrected chi connectivity index (χ1v) is 13.8. The summed E-state index contributed by atoms with van der Waals surface area (Å²) in [6.07, 6.45) is 4.86. The summed E-state index contributed by atoms with van der Waals surface area (Å²) in [7, 11) is 0. The van der Waals surface area contributed by atoms with Crippen molar-refractivity contribution in [3.63, 3.8) is 0 Å². The third-order valence-corrected chi connectivity index (χ3v) is 8.95. The van der Waals surface area contributed by atoms with Gasteiger partial charge in [0.1, 0.15) is 11.3 Å². The molecule has 5 unspecified atom stereocenters. The summed E-state index contributed by atoms with van der Waals surface area (Å²) < 4.78 is 11.8. The number of alkyl halides is 2. The summed E-state index contributed by atoms with van der Waals surface area (Å²) in [4.78, 5) is 17.4. The number of hydrogen-bond donors (Lipinski definition) is 2. The number of piperidine rings is 1. The molecular formula is C27H32Cl2N4O3. The number of para-hydroxylation sites is 4. The number of benzene rings is 2. The van der Waals surface area contributed by atoms with Crippen LogP contribution in [-0.4, -0.2) is 59.9 Å². The molecule has 3 heterocycles. The predicted molar refractivity (Wildman–Crippen MR) is 142 cm³/mol. The fraction of sp³-hybridized carbons (Fsp3) is 0.519. The zero-order valence-corrected chi connectivity index (χ0v) is 21.6. The van der Waals surface area contributed by atoms with Crippen molar-refractivity contribution in [1.29, 1.82) is 0 Å². The van der Waals surface area contributed by atoms with E-state index in [9.17, 15) is 4.79 Å². The van der Waals surface area contributed by atoms with Gasteiger partial charge < -0.3 is 25.0 Å². The molecule has 0 aromatic heterocycles. The molecule has 192 valence electrons. The first-order chi connectivity index (χ1) is 17.6. The molecule has 2 aromatic carbocycles. The van der Waals surface area contributed by atoms with Crippen LogP contribution in [0.15, 0.2) is 48.5 Å². The zero-order valence-electron chi connectivity index (χ0n) is 20.1. The third-order valence-electron chi connectivity index (χ3n) is 7.75. The topological polar surface area (TPSA) is 66.1 Å². The van der Waals surface area contributed by atoms with Crippen molar-refractivity contribution >= 4 is 46.2 Å². The molecule has 1 amide bonds. The molecule has 0 radical (unpaired) electrons. The minimum atomic E-state index is -0.537. The monoisotopic (exact) mass is 530 g/mol. The number of likely N-dealkylation sites (tertiary alicyclic amines) is 1. The van der Waals surface area contributed by atoms with E-state index in [-0.39, 0.29) is 30.3 Å². The van der Waals surface area contributed by atoms with Crippen LogP contribution in [0, 0.1) is 5.92 Å². The van der Waals surface area contributed by atoms with Crippen LogP contribution in [0.1, 0.15) is 32.1 Å². The van der Waals surface area contributed by atoms with Crippen molar-refractivity contribution in [2.24, 2.45) is 5.92 Å². The van der Waals surface area contributed by atoms with E-state index >= 15 is 0 Å². The van der Waals surface area contributed by atoms with E-state index < -0.39 is 10.9 Å². The summed E-state index contributed by atoms with van der Waals surface area (Å²) in [5, 5.41) is 6.22. The van der Waals surface area contributed by atoms with Crippen LogP contribution in [0.3, 0.4) is 0 Å². The third kappa shape index (κ3) is 4.51. The highest BCUT2D eigenvalue weighted by Crippen LogP contribution is 2.47. The van der Waals surface area contributed by atoms with Crippen molar-refractivity contribution in [1.82, 2.24) is 10.2 Å². The Hall–Kier alpha value is -2.19. The zero-order chi connectivity index (χ0) is 24.6. The molecule has 0 bridgehead atoms. The van der Waals surface area contributed by atoms with Crippen LogP contribution < -0.4 is 20.3 Å². The molecule has 1 aliphatic carbocycles. The second-order valence-electron chi connectivity index (χ2n) is 10.1. The minimum Gasteiger partial charge on any atom is -0.488 e. The van der Waals surface area contributed by atoms with Gasteiger partial charge >= 0.3 is 0 Å². The number of rotatable bonds is 6. The molecule has 36 heavy (non-hydrogen) atoms. The van der Waals surface area contributed by atoms with Gasteiger partial charge in [-0.1, -0.05) is 24.3 Å². The Morgan fingerprint density at radius 2 is 1.81 bits per heavy atom. The molecule has 2 N–H and O–H groups in total. The number of nitrogens with zero attached hydrogens (tertiary/aromatic N) is 2. The van der Waals surface area contributed by atoms with Crippen molar-refractivity contribution in [3.8, 4) is 5.75 Å². The van der Waals surface area contributed by atoms with Gasteiger partial charge in [-0.2, -0.15) is 0 Å². The first-order valence-electron chi connectivity index (χ1n) is 12.9. The highest BCUT2D eigenvalue weighted by Gasteiger charge is 2.46. The number of hydrogen-bond acceptors (Lipinski definition) is 6. The average Bonchev–Trinajstić information content (AvgIpc) is 3.51. The molecule has 7 nitrogen and oxygen atoms in total. The van der Waals surface area contributed by atoms with Crippen LogP contribution in [0.4, 0.5) is 17.1 Å². The Kier molecular flexibility index (Phi) is 6.90. The summed E-state index contributed by atoms with van der Waals surface area (Å²) in [6, 6.07) is 16.5. The van der Waals surface area contributed by atoms with Crippen LogP contribution in [0.5, 0.6) is 5.75 Å². The summed E-state index contributed by atoms with van der Waals surface area (Å²) in [5.41, 5.74) is 2.54. The molecule has 6 rings (SSSR count). The number of carbonyl (C=O) groups excluding carboxylic acids is 1. The Labute approximate surface area is 222 Å². The van der Waals surface area contributed by atoms with Gasteiger partial charge in [0.25, 0.3) is 0 Å². The number of amides is 1. The Bertz CT molecular complexity index is 1090. The minimum absolute atomic E-state index is 0.0328. The molecule has 4 aliphatic rings. The van der Waals surface area contributed by atoms with E-state index in [0.29, 0.717) is 26.2 Å². The van der Waals surface area contributed by atoms with Gasteiger partial charge in [-0.05, 0) is 56.4 Å². The lowest BCUT2D eigenvalue weighted by Crippen LogP contribution is -2.59. The molecule has 2 saturated heterocycles. The smallest absolute Gasteiger partial charge is 0.225 e. The van der Waals surface area contributed by atoms with Gasteiger partial charge in [0, 0.05) is 13.2 Å². The van der Waals surface area contributed by atoms with E-state index in [1.807, 2.05) is 30.3 Å². The molecule has 3 aliphatic heterocycles. The van der Waals surface area contributed by atoms with Crippen LogP contribution >= 0.6 is 23.2 Å². The summed E-state index contributed by atoms with van der Waals surface area (Å²) in [6.45, 7) is 1.87. The molecule has 0 spiro atoms. The van der Waals surface area contributed by atoms with Gasteiger partial charge in [-0.3, -0.25) is 4.79 Å². The van der Waals surface area contributed by atoms with E-state index in [2.05, 4.69) is 38.6 Å². The largest absolute Gasteiger partial charge is 0.488 e. The number of halogens is 2. The van der Waals surface area contributed by atoms with Crippen LogP contribution in [0.25, 0.3) is 0 Å². The molecule has 5 atom stereocenters. The maximum atomic E-state index is 13.0. The molecule has 2 aromatic rings. The maximum Gasteiger partial charge on any atom is 0.225 e. The molecule has 3 fully saturated rings. The summed E-state index contributed by atoms with van der Waals surface area (Å²) in [5.74, 6) is 0.486. The van der Waals surface area contributed by atoms with E-state index in [0.717, 1.165) is 42.1 Å². The van der Waals surface area contributed by atoms with Crippen molar-refractivity contribution in [2.45, 2.75) is 61.4 Å². The van der Waals surface area contributed by atoms with E-state index in [1.54, 1.807) is 0 Å². The second-order valence-corrected chi connectivity index (χ2v) is 11.0. The number of ether oxygens (including phenoxy) is 2. The van der Waals surface area contributed by atoms with Crippen LogP contribution in [-0.2, 0) is 9.53 Å². The average molecular weight is 531 g/mol. The Morgan fingerprint density at radius 3 is 2.56 bits per heavy atom. The van der Waals surface area contributed by atoms with Crippen molar-refractivity contribution in [2.75, 3.05) is 30.0 Å². The normalized spacial score (nSPS) is 30.4. The van der Waals surface area contributed by atoms with Gasteiger partial charge in [-0.15, -0.1) is 23.2 Å². The summed E-state index contributed by atoms with van der Waals surface area (Å²) >= 11 is 13.9. The van der Waals surface area contributed by atoms with Gasteiger partial charge in [0.15, 0.2) is 6.29 Å². The fourth-order valence-corrected chi connectivity index (χ4v) is 6.26. The van der Waals surface area contributed by atoms with E-state index in [1.165, 1.54) is 6.42 Å². The van der Waals surface area contributed by atoms with Gasteiger partial charge in [0.05, 0.1) is 47.1 Å².